The van der Waals surface area contributed by atoms with Crippen molar-refractivity contribution in [2.24, 2.45) is 0 Å². The molecule has 0 spiro atoms. The van der Waals surface area contributed by atoms with Gasteiger partial charge in [0, 0.05) is 19.3 Å². The van der Waals surface area contributed by atoms with Gasteiger partial charge in [-0.25, -0.2) is 0 Å². The van der Waals surface area contributed by atoms with Crippen molar-refractivity contribution in [1.29, 1.82) is 0 Å². The second-order valence-corrected chi connectivity index (χ2v) is 13.5. The van der Waals surface area contributed by atoms with E-state index in [9.17, 15) is 19.5 Å². The summed E-state index contributed by atoms with van der Waals surface area (Å²) in [5.74, 6) is -1.87. The number of hydrogen-bond acceptors (Lipinski definition) is 7. The number of nitrogens with zero attached hydrogens (tertiary/aromatic N) is 1. The molecule has 0 rings (SSSR count). The molecule has 0 bridgehead atoms. The van der Waals surface area contributed by atoms with E-state index in [1.165, 1.54) is 38.5 Å². The molecule has 8 heteroatoms. The minimum Gasteiger partial charge on any atom is -0.544 e. The van der Waals surface area contributed by atoms with E-state index in [1.54, 1.807) is 21.1 Å². The Labute approximate surface area is 304 Å². The van der Waals surface area contributed by atoms with Crippen LogP contribution in [0.15, 0.2) is 72.9 Å². The molecule has 2 atom stereocenters. The van der Waals surface area contributed by atoms with Crippen LogP contribution >= 0.6 is 0 Å². The Morgan fingerprint density at radius 3 is 1.76 bits per heavy atom. The van der Waals surface area contributed by atoms with Crippen LogP contribution in [-0.4, -0.2) is 75.5 Å². The Hall–Kier alpha value is -3.23. The first kappa shape index (κ1) is 46.8. The number of likely N-dealkylation sites (N-methyl/N-ethyl adjacent to an activating group) is 1. The van der Waals surface area contributed by atoms with Gasteiger partial charge in [0.05, 0.1) is 40.3 Å². The van der Waals surface area contributed by atoms with Gasteiger partial charge in [0.1, 0.15) is 12.6 Å². The molecule has 0 saturated carbocycles. The van der Waals surface area contributed by atoms with Crippen molar-refractivity contribution in [3.8, 4) is 0 Å². The van der Waals surface area contributed by atoms with Crippen molar-refractivity contribution in [2.45, 2.75) is 135 Å². The molecule has 0 aliphatic rings. The van der Waals surface area contributed by atoms with Crippen LogP contribution in [0.5, 0.6) is 0 Å². The monoisotopic (exact) mass is 700 g/mol. The highest BCUT2D eigenvalue weighted by molar-refractivity contribution is 5.70. The average Bonchev–Trinajstić information content (AvgIpc) is 3.06. The first-order valence-electron chi connectivity index (χ1n) is 19.0. The molecule has 0 N–H and O–H groups in total. The zero-order chi connectivity index (χ0) is 37.1. The number of carboxylic acids is 1. The molecule has 0 heterocycles. The van der Waals surface area contributed by atoms with Crippen LogP contribution < -0.4 is 5.11 Å². The Morgan fingerprint density at radius 1 is 0.620 bits per heavy atom. The smallest absolute Gasteiger partial charge is 0.306 e. The third kappa shape index (κ3) is 30.8. The summed E-state index contributed by atoms with van der Waals surface area (Å²) in [7, 11) is 5.35. The van der Waals surface area contributed by atoms with Crippen LogP contribution in [0.2, 0.25) is 0 Å². The second-order valence-electron chi connectivity index (χ2n) is 13.5. The Kier molecular flexibility index (Phi) is 30.8. The molecule has 0 aromatic carbocycles. The molecule has 0 radical (unpaired) electrons. The van der Waals surface area contributed by atoms with Crippen molar-refractivity contribution in [3.05, 3.63) is 72.9 Å². The van der Waals surface area contributed by atoms with Gasteiger partial charge in [0.25, 0.3) is 0 Å². The number of quaternary nitrogens is 1. The predicted molar refractivity (Wildman–Crippen MR) is 203 cm³/mol. The predicted octanol–water partition coefficient (Wildman–Crippen LogP) is 8.29. The summed E-state index contributed by atoms with van der Waals surface area (Å²) in [5.41, 5.74) is 0. The molecule has 0 aliphatic carbocycles. The highest BCUT2D eigenvalue weighted by Gasteiger charge is 2.25. The first-order chi connectivity index (χ1) is 24.1. The van der Waals surface area contributed by atoms with E-state index in [0.29, 0.717) is 19.3 Å². The molecule has 2 unspecified atom stereocenters. The van der Waals surface area contributed by atoms with Gasteiger partial charge in [-0.1, -0.05) is 125 Å². The lowest BCUT2D eigenvalue weighted by Gasteiger charge is -2.34. The maximum atomic E-state index is 12.6. The topological polar surface area (TPSA) is 102 Å². The number of ether oxygens (including phenoxy) is 3. The number of carbonyl (C=O) groups is 3. The Bertz CT molecular complexity index is 1050. The van der Waals surface area contributed by atoms with Gasteiger partial charge in [-0.15, -0.1) is 0 Å². The second kappa shape index (κ2) is 32.9. The summed E-state index contributed by atoms with van der Waals surface area (Å²) in [5, 5.41) is 11.6. The molecule has 0 fully saturated rings. The van der Waals surface area contributed by atoms with Gasteiger partial charge in [-0.2, -0.15) is 0 Å². The van der Waals surface area contributed by atoms with Gasteiger partial charge in [-0.3, -0.25) is 9.59 Å². The Morgan fingerprint density at radius 2 is 1.16 bits per heavy atom. The molecule has 0 saturated heterocycles. The first-order valence-corrected chi connectivity index (χ1v) is 19.0. The zero-order valence-electron chi connectivity index (χ0n) is 32.0. The van der Waals surface area contributed by atoms with E-state index in [2.05, 4.69) is 32.1 Å². The SMILES string of the molecule is CC/C=C/C=C/C=C/C=C/C=C/CCCC(=O)OC(COCCC(C(=O)[O-])[N+](C)(C)C)COC(=O)CCCCC/C=C/CCCCCCCC. The van der Waals surface area contributed by atoms with E-state index in [1.807, 2.05) is 54.7 Å². The van der Waals surface area contributed by atoms with Crippen molar-refractivity contribution >= 4 is 17.9 Å². The van der Waals surface area contributed by atoms with Gasteiger partial charge >= 0.3 is 11.9 Å². The third-order valence-corrected chi connectivity index (χ3v) is 7.95. The Balaban J connectivity index is 4.60. The van der Waals surface area contributed by atoms with Gasteiger partial charge in [-0.05, 0) is 51.4 Å². The fraction of sp³-hybridized carbons (Fsp3) is 0.643. The van der Waals surface area contributed by atoms with Crippen LogP contribution in [0, 0.1) is 0 Å². The number of carbonyl (C=O) groups excluding carboxylic acids is 3. The van der Waals surface area contributed by atoms with E-state index in [-0.39, 0.29) is 43.1 Å². The van der Waals surface area contributed by atoms with Crippen molar-refractivity contribution in [1.82, 2.24) is 0 Å². The molecule has 50 heavy (non-hydrogen) atoms. The summed E-state index contributed by atoms with van der Waals surface area (Å²) in [6.45, 7) is 4.38. The highest BCUT2D eigenvalue weighted by Crippen LogP contribution is 2.11. The van der Waals surface area contributed by atoms with Crippen LogP contribution in [-0.2, 0) is 28.6 Å². The molecular weight excluding hydrogens is 630 g/mol. The summed E-state index contributed by atoms with van der Waals surface area (Å²) < 4.78 is 17.0. The number of esters is 2. The number of carboxylic acid groups (broad SMARTS) is 1. The number of rotatable bonds is 32. The lowest BCUT2D eigenvalue weighted by molar-refractivity contribution is -0.889. The highest BCUT2D eigenvalue weighted by atomic mass is 16.6. The zero-order valence-corrected chi connectivity index (χ0v) is 32.0. The molecule has 0 aromatic heterocycles. The molecular formula is C42H69NO7. The lowest BCUT2D eigenvalue weighted by Crippen LogP contribution is -2.55. The largest absolute Gasteiger partial charge is 0.544 e. The average molecular weight is 700 g/mol. The number of unbranched alkanes of at least 4 members (excludes halogenated alkanes) is 10. The van der Waals surface area contributed by atoms with Crippen LogP contribution in [0.25, 0.3) is 0 Å². The number of allylic oxidation sites excluding steroid dienone is 12. The molecule has 0 aromatic rings. The fourth-order valence-corrected chi connectivity index (χ4v) is 4.98. The standard InChI is InChI=1S/C42H69NO7/c1-6-8-10-12-14-16-18-20-22-24-26-28-30-32-40(44)49-37-38(36-48-35-34-39(42(46)47)43(3,4)5)50-41(45)33-31-29-27-25-23-21-19-17-15-13-11-9-7-2/h9,11,13,15,17,19-23,25,27,38-39H,6-8,10,12,14,16,18,24,26,28-37H2,1-5H3/b11-9+,15-13+,19-17+,22-20+,23-21+,27-25+. The van der Waals surface area contributed by atoms with Gasteiger partial charge < -0.3 is 28.6 Å². The fourth-order valence-electron chi connectivity index (χ4n) is 4.98. The molecule has 284 valence electrons. The minimum absolute atomic E-state index is 0.00327. The summed E-state index contributed by atoms with van der Waals surface area (Å²) >= 11 is 0. The molecule has 0 aliphatic heterocycles. The van der Waals surface area contributed by atoms with Crippen molar-refractivity contribution in [3.63, 3.8) is 0 Å². The third-order valence-electron chi connectivity index (χ3n) is 7.95. The van der Waals surface area contributed by atoms with Crippen LogP contribution in [0.1, 0.15) is 123 Å². The normalized spacial score (nSPS) is 13.9. The molecule has 0 amide bonds. The van der Waals surface area contributed by atoms with Crippen molar-refractivity contribution in [2.75, 3.05) is 41.0 Å². The summed E-state index contributed by atoms with van der Waals surface area (Å²) in [6.07, 6.45) is 39.4. The van der Waals surface area contributed by atoms with Gasteiger partial charge in [0.2, 0.25) is 0 Å². The number of aliphatic carboxylic acids is 1. The van der Waals surface area contributed by atoms with Crippen LogP contribution in [0.4, 0.5) is 0 Å². The van der Waals surface area contributed by atoms with E-state index in [4.69, 9.17) is 14.2 Å². The maximum Gasteiger partial charge on any atom is 0.306 e. The minimum atomic E-state index is -1.14. The summed E-state index contributed by atoms with van der Waals surface area (Å²) in [6, 6.07) is -0.742. The van der Waals surface area contributed by atoms with Gasteiger partial charge in [0.15, 0.2) is 6.10 Å². The quantitative estimate of drug-likeness (QED) is 0.0229. The summed E-state index contributed by atoms with van der Waals surface area (Å²) in [4.78, 5) is 36.6. The van der Waals surface area contributed by atoms with E-state index in [0.717, 1.165) is 38.5 Å². The van der Waals surface area contributed by atoms with E-state index >= 15 is 0 Å². The van der Waals surface area contributed by atoms with E-state index < -0.39 is 24.1 Å². The van der Waals surface area contributed by atoms with Crippen molar-refractivity contribution < 1.29 is 38.2 Å². The molecule has 8 nitrogen and oxygen atoms in total. The maximum absolute atomic E-state index is 12.6. The lowest BCUT2D eigenvalue weighted by atomic mass is 10.1. The van der Waals surface area contributed by atoms with Crippen LogP contribution in [0.3, 0.4) is 0 Å². The number of hydrogen-bond donors (Lipinski definition) is 0.